The molecule has 5 heteroatoms. The van der Waals surface area contributed by atoms with Crippen LogP contribution >= 0.6 is 0 Å². The second-order valence-corrected chi connectivity index (χ2v) is 4.01. The average molecular weight is 198 g/mol. The van der Waals surface area contributed by atoms with E-state index in [0.29, 0.717) is 12.8 Å². The maximum absolute atomic E-state index is 11.4. The maximum atomic E-state index is 11.4. The van der Waals surface area contributed by atoms with E-state index in [9.17, 15) is 14.4 Å². The first-order valence-electron chi connectivity index (χ1n) is 4.47. The van der Waals surface area contributed by atoms with Crippen molar-refractivity contribution in [1.82, 2.24) is 0 Å². The molecule has 76 valence electrons. The Morgan fingerprint density at radius 1 is 1.50 bits per heavy atom. The molecule has 1 aliphatic carbocycles. The Morgan fingerprint density at radius 2 is 2.14 bits per heavy atom. The summed E-state index contributed by atoms with van der Waals surface area (Å²) in [5.41, 5.74) is -1.14. The summed E-state index contributed by atoms with van der Waals surface area (Å²) >= 11 is 0. The summed E-state index contributed by atoms with van der Waals surface area (Å²) in [4.78, 5) is 33.5. The lowest BCUT2D eigenvalue weighted by Gasteiger charge is -2.21. The standard InChI is InChI=1S/C9H10O5/c1-9-4(6(10)11)2-3-5(9)7(12)14-8(9)13/h4-5H,2-3H2,1H3,(H,10,11)/t4-,5-,9-/m1/s1. The number of cyclic esters (lactones) is 2. The largest absolute Gasteiger partial charge is 0.481 e. The number of hydrogen-bond acceptors (Lipinski definition) is 4. The van der Waals surface area contributed by atoms with Gasteiger partial charge in [0.15, 0.2) is 0 Å². The van der Waals surface area contributed by atoms with Crippen LogP contribution in [0.15, 0.2) is 0 Å². The Kier molecular flexibility index (Phi) is 1.68. The first-order valence-corrected chi connectivity index (χ1v) is 4.47. The molecule has 0 radical (unpaired) electrons. The summed E-state index contributed by atoms with van der Waals surface area (Å²) in [6, 6.07) is 0. The van der Waals surface area contributed by atoms with Crippen molar-refractivity contribution in [2.75, 3.05) is 0 Å². The minimum absolute atomic E-state index is 0.372. The van der Waals surface area contributed by atoms with Gasteiger partial charge in [0, 0.05) is 0 Å². The molecule has 0 unspecified atom stereocenters. The summed E-state index contributed by atoms with van der Waals surface area (Å²) in [5.74, 6) is -3.62. The predicted octanol–water partition coefficient (Wildman–Crippen LogP) is 0.187. The van der Waals surface area contributed by atoms with Crippen molar-refractivity contribution in [2.24, 2.45) is 17.3 Å². The lowest BCUT2D eigenvalue weighted by molar-refractivity contribution is -0.160. The van der Waals surface area contributed by atoms with Gasteiger partial charge in [-0.3, -0.25) is 14.4 Å². The third kappa shape index (κ3) is 0.867. The molecule has 0 aromatic heterocycles. The average Bonchev–Trinajstić information content (AvgIpc) is 2.51. The Balaban J connectivity index is 2.42. The van der Waals surface area contributed by atoms with Gasteiger partial charge >= 0.3 is 17.9 Å². The SMILES string of the molecule is C[C@]12C(=O)OC(=O)[C@H]1CC[C@@H]2C(=O)O. The van der Waals surface area contributed by atoms with Crippen molar-refractivity contribution in [2.45, 2.75) is 19.8 Å². The van der Waals surface area contributed by atoms with Gasteiger partial charge in [-0.05, 0) is 19.8 Å². The van der Waals surface area contributed by atoms with Crippen LogP contribution in [-0.2, 0) is 19.1 Å². The van der Waals surface area contributed by atoms with E-state index in [-0.39, 0.29) is 0 Å². The number of fused-ring (bicyclic) bond motifs is 1. The molecule has 3 atom stereocenters. The number of ether oxygens (including phenoxy) is 1. The molecule has 2 fully saturated rings. The summed E-state index contributed by atoms with van der Waals surface area (Å²) in [5, 5.41) is 8.91. The van der Waals surface area contributed by atoms with Gasteiger partial charge in [-0.15, -0.1) is 0 Å². The molecular weight excluding hydrogens is 188 g/mol. The van der Waals surface area contributed by atoms with Crippen LogP contribution in [0.5, 0.6) is 0 Å². The zero-order chi connectivity index (χ0) is 10.5. The highest BCUT2D eigenvalue weighted by atomic mass is 16.6. The van der Waals surface area contributed by atoms with Crippen molar-refractivity contribution in [3.8, 4) is 0 Å². The summed E-state index contributed by atoms with van der Waals surface area (Å²) < 4.78 is 4.47. The quantitative estimate of drug-likeness (QED) is 0.480. The van der Waals surface area contributed by atoms with Crippen LogP contribution in [0.4, 0.5) is 0 Å². The molecule has 1 saturated carbocycles. The molecule has 0 aromatic rings. The number of esters is 2. The van der Waals surface area contributed by atoms with Gasteiger partial charge in [0.1, 0.15) is 0 Å². The van der Waals surface area contributed by atoms with E-state index >= 15 is 0 Å². The topological polar surface area (TPSA) is 80.7 Å². The van der Waals surface area contributed by atoms with Crippen LogP contribution in [0, 0.1) is 17.3 Å². The fraction of sp³-hybridized carbons (Fsp3) is 0.667. The lowest BCUT2D eigenvalue weighted by Crippen LogP contribution is -2.36. The lowest BCUT2D eigenvalue weighted by atomic mass is 9.75. The van der Waals surface area contributed by atoms with Crippen molar-refractivity contribution in [3.63, 3.8) is 0 Å². The van der Waals surface area contributed by atoms with Crippen LogP contribution in [0.1, 0.15) is 19.8 Å². The van der Waals surface area contributed by atoms with Crippen molar-refractivity contribution in [3.05, 3.63) is 0 Å². The first-order chi connectivity index (χ1) is 6.48. The van der Waals surface area contributed by atoms with Crippen molar-refractivity contribution >= 4 is 17.9 Å². The van der Waals surface area contributed by atoms with E-state index in [4.69, 9.17) is 5.11 Å². The highest BCUT2D eigenvalue weighted by Gasteiger charge is 2.64. The summed E-state index contributed by atoms with van der Waals surface area (Å²) in [7, 11) is 0. The monoisotopic (exact) mass is 198 g/mol. The van der Waals surface area contributed by atoms with E-state index in [1.54, 1.807) is 0 Å². The van der Waals surface area contributed by atoms with Gasteiger partial charge in [-0.2, -0.15) is 0 Å². The molecule has 0 spiro atoms. The first kappa shape index (κ1) is 9.18. The second-order valence-electron chi connectivity index (χ2n) is 4.01. The van der Waals surface area contributed by atoms with E-state index in [1.807, 2.05) is 0 Å². The number of carboxylic acid groups (broad SMARTS) is 1. The second kappa shape index (κ2) is 2.56. The fourth-order valence-corrected chi connectivity index (χ4v) is 2.48. The number of carboxylic acids is 1. The molecule has 1 N–H and O–H groups in total. The Labute approximate surface area is 80.0 Å². The summed E-state index contributed by atoms with van der Waals surface area (Å²) in [6.45, 7) is 1.51. The van der Waals surface area contributed by atoms with E-state index < -0.39 is 35.2 Å². The van der Waals surface area contributed by atoms with E-state index in [1.165, 1.54) is 6.92 Å². The van der Waals surface area contributed by atoms with Gasteiger partial charge in [-0.1, -0.05) is 0 Å². The third-order valence-electron chi connectivity index (χ3n) is 3.41. The highest BCUT2D eigenvalue weighted by Crippen LogP contribution is 2.52. The van der Waals surface area contributed by atoms with Crippen molar-refractivity contribution < 1.29 is 24.2 Å². The van der Waals surface area contributed by atoms with Crippen LogP contribution in [0.3, 0.4) is 0 Å². The minimum Gasteiger partial charge on any atom is -0.481 e. The molecule has 0 amide bonds. The Hall–Kier alpha value is -1.39. The van der Waals surface area contributed by atoms with Gasteiger partial charge < -0.3 is 9.84 Å². The van der Waals surface area contributed by atoms with Gasteiger partial charge in [0.25, 0.3) is 0 Å². The Bertz CT molecular complexity index is 334. The molecule has 1 heterocycles. The van der Waals surface area contributed by atoms with E-state index in [2.05, 4.69) is 4.74 Å². The molecule has 2 rings (SSSR count). The molecular formula is C9H10O5. The zero-order valence-electron chi connectivity index (χ0n) is 7.65. The predicted molar refractivity (Wildman–Crippen MR) is 43.1 cm³/mol. The maximum Gasteiger partial charge on any atom is 0.321 e. The summed E-state index contributed by atoms with van der Waals surface area (Å²) in [6.07, 6.45) is 0.801. The fourth-order valence-electron chi connectivity index (χ4n) is 2.48. The van der Waals surface area contributed by atoms with Crippen molar-refractivity contribution in [1.29, 1.82) is 0 Å². The van der Waals surface area contributed by atoms with Crippen LogP contribution in [0.25, 0.3) is 0 Å². The van der Waals surface area contributed by atoms with Gasteiger partial charge in [0.2, 0.25) is 0 Å². The van der Waals surface area contributed by atoms with Gasteiger partial charge in [-0.25, -0.2) is 0 Å². The minimum atomic E-state index is -1.14. The molecule has 0 aromatic carbocycles. The molecule has 0 bridgehead atoms. The van der Waals surface area contributed by atoms with E-state index in [0.717, 1.165) is 0 Å². The van der Waals surface area contributed by atoms with Gasteiger partial charge in [0.05, 0.1) is 17.3 Å². The van der Waals surface area contributed by atoms with Crippen LogP contribution in [-0.4, -0.2) is 23.0 Å². The smallest absolute Gasteiger partial charge is 0.321 e. The molecule has 14 heavy (non-hydrogen) atoms. The normalized spacial score (nSPS) is 40.9. The number of hydrogen-bond donors (Lipinski definition) is 1. The molecule has 1 aliphatic heterocycles. The number of carbonyl (C=O) groups is 3. The number of carbonyl (C=O) groups excluding carboxylic acids is 2. The number of aliphatic carboxylic acids is 1. The third-order valence-corrected chi connectivity index (χ3v) is 3.41. The number of rotatable bonds is 1. The molecule has 5 nitrogen and oxygen atoms in total. The molecule has 2 aliphatic rings. The Morgan fingerprint density at radius 3 is 2.71 bits per heavy atom. The van der Waals surface area contributed by atoms with Crippen LogP contribution < -0.4 is 0 Å². The molecule has 1 saturated heterocycles. The highest BCUT2D eigenvalue weighted by molar-refractivity contribution is 6.02. The van der Waals surface area contributed by atoms with Crippen LogP contribution in [0.2, 0.25) is 0 Å². The zero-order valence-corrected chi connectivity index (χ0v) is 7.65.